The van der Waals surface area contributed by atoms with Crippen molar-refractivity contribution in [1.82, 2.24) is 5.32 Å². The van der Waals surface area contributed by atoms with Gasteiger partial charge in [-0.25, -0.2) is 4.79 Å². The van der Waals surface area contributed by atoms with E-state index in [0.29, 0.717) is 0 Å². The Hall–Kier alpha value is -1.23. The van der Waals surface area contributed by atoms with Crippen molar-refractivity contribution in [3.63, 3.8) is 0 Å². The van der Waals surface area contributed by atoms with Crippen LogP contribution in [0.4, 0.5) is 4.79 Å². The van der Waals surface area contributed by atoms with Crippen LogP contribution in [0.25, 0.3) is 0 Å². The maximum absolute atomic E-state index is 12.4. The normalized spacial score (nSPS) is 29.7. The summed E-state index contributed by atoms with van der Waals surface area (Å²) in [4.78, 5) is 13.3. The van der Waals surface area contributed by atoms with Crippen molar-refractivity contribution in [2.75, 3.05) is 13.2 Å². The van der Waals surface area contributed by atoms with E-state index in [2.05, 4.69) is 5.32 Å². The van der Waals surface area contributed by atoms with Gasteiger partial charge in [-0.05, 0) is 12.1 Å². The summed E-state index contributed by atoms with van der Waals surface area (Å²) in [7, 11) is 0. The zero-order valence-electron chi connectivity index (χ0n) is 17.2. The molecule has 2 aromatic carbocycles. The molecule has 6 atom stereocenters. The minimum absolute atomic E-state index is 0.220. The Morgan fingerprint density at radius 2 is 1.76 bits per heavy atom. The van der Waals surface area contributed by atoms with Gasteiger partial charge in [0.05, 0.1) is 12.6 Å². The van der Waals surface area contributed by atoms with E-state index in [4.69, 9.17) is 53.8 Å². The molecule has 0 saturated carbocycles. The Labute approximate surface area is 210 Å². The number of hydrogen-bond acceptors (Lipinski definition) is 7. The maximum Gasteiger partial charge on any atom is 0.407 e. The van der Waals surface area contributed by atoms with Crippen LogP contribution in [-0.4, -0.2) is 58.0 Å². The van der Waals surface area contributed by atoms with Crippen molar-refractivity contribution in [2.24, 2.45) is 0 Å². The largest absolute Gasteiger partial charge is 0.445 e. The molecule has 178 valence electrons. The van der Waals surface area contributed by atoms with Gasteiger partial charge in [-0.3, -0.25) is 0 Å². The number of carbonyl (C=O) groups is 1. The van der Waals surface area contributed by atoms with Crippen LogP contribution in [0, 0.1) is 0 Å². The van der Waals surface area contributed by atoms with Crippen molar-refractivity contribution in [2.45, 2.75) is 44.8 Å². The zero-order valence-corrected chi connectivity index (χ0v) is 20.3. The fraction of sp³-hybridized carbons (Fsp3) is 0.409. The van der Waals surface area contributed by atoms with Crippen LogP contribution in [0.15, 0.2) is 65.6 Å². The summed E-state index contributed by atoms with van der Waals surface area (Å²) in [5, 5.41) is 13.9. The highest BCUT2D eigenvalue weighted by atomic mass is 35.6. The summed E-state index contributed by atoms with van der Waals surface area (Å²) in [6.07, 6.45) is -3.90. The number of nitrogens with one attached hydrogen (secondary N) is 1. The number of thioether (sulfide) groups is 1. The number of alkyl carbamates (subject to hydrolysis) is 1. The number of hydrogen-bond donors (Lipinski definition) is 2. The van der Waals surface area contributed by atoms with Gasteiger partial charge in [0.1, 0.15) is 30.4 Å². The summed E-state index contributed by atoms with van der Waals surface area (Å²) in [5.74, 6) is 0. The van der Waals surface area contributed by atoms with Crippen molar-refractivity contribution in [1.29, 1.82) is 0 Å². The van der Waals surface area contributed by atoms with Crippen LogP contribution in [0.1, 0.15) is 11.9 Å². The lowest BCUT2D eigenvalue weighted by Gasteiger charge is -2.47. The Bertz CT molecular complexity index is 919. The Morgan fingerprint density at radius 3 is 2.42 bits per heavy atom. The van der Waals surface area contributed by atoms with Crippen LogP contribution in [0.5, 0.6) is 0 Å². The molecule has 2 heterocycles. The number of carbonyl (C=O) groups excluding carboxylic acids is 1. The summed E-state index contributed by atoms with van der Waals surface area (Å²) >= 11 is 18.3. The summed E-state index contributed by atoms with van der Waals surface area (Å²) in [6.45, 7) is -0.228. The lowest BCUT2D eigenvalue weighted by molar-refractivity contribution is -0.306. The van der Waals surface area contributed by atoms with Gasteiger partial charge in [0.15, 0.2) is 6.29 Å². The van der Waals surface area contributed by atoms with Crippen LogP contribution >= 0.6 is 46.6 Å². The molecular weight excluding hydrogens is 514 g/mol. The molecule has 2 aliphatic heterocycles. The molecule has 0 radical (unpaired) electrons. The van der Waals surface area contributed by atoms with Crippen molar-refractivity contribution >= 4 is 52.7 Å². The van der Waals surface area contributed by atoms with E-state index >= 15 is 0 Å². The predicted molar refractivity (Wildman–Crippen MR) is 126 cm³/mol. The molecular formula is C22H22Cl3NO6S. The van der Waals surface area contributed by atoms with Gasteiger partial charge in [-0.2, -0.15) is 0 Å². The molecule has 2 aromatic rings. The molecule has 1 amide bonds. The van der Waals surface area contributed by atoms with Gasteiger partial charge in [0, 0.05) is 10.5 Å². The maximum atomic E-state index is 12.4. The number of halogens is 3. The first-order chi connectivity index (χ1) is 15.8. The molecule has 2 saturated heterocycles. The van der Waals surface area contributed by atoms with Crippen molar-refractivity contribution < 1.29 is 28.8 Å². The third kappa shape index (κ3) is 6.68. The molecule has 0 spiro atoms. The number of ether oxygens (including phenoxy) is 4. The average Bonchev–Trinajstić information content (AvgIpc) is 2.81. The molecule has 2 N–H and O–H groups in total. The molecule has 2 aliphatic rings. The monoisotopic (exact) mass is 534 g/mol. The molecule has 0 bridgehead atoms. The Kier molecular flexibility index (Phi) is 8.30. The lowest BCUT2D eigenvalue weighted by Crippen LogP contribution is -2.65. The molecule has 11 heteroatoms. The topological polar surface area (TPSA) is 86.3 Å². The first-order valence-electron chi connectivity index (χ1n) is 10.2. The quantitative estimate of drug-likeness (QED) is 0.432. The first kappa shape index (κ1) is 24.9. The second kappa shape index (κ2) is 11.0. The van der Waals surface area contributed by atoms with E-state index in [1.807, 2.05) is 60.7 Å². The van der Waals surface area contributed by atoms with Gasteiger partial charge in [-0.15, -0.1) is 0 Å². The minimum Gasteiger partial charge on any atom is -0.445 e. The highest BCUT2D eigenvalue weighted by molar-refractivity contribution is 7.99. The SMILES string of the molecule is O=C(N[C@@H]1[C@@H](O)[C@@H]2O[C@H](c3ccccc3)OC[C@H]2O[13C@@H]1Sc1ccccc1)OCC(Cl)(Cl)Cl. The minimum atomic E-state index is -1.75. The van der Waals surface area contributed by atoms with Crippen LogP contribution in [0.3, 0.4) is 0 Å². The zero-order chi connectivity index (χ0) is 23.4. The number of fused-ring (bicyclic) bond motifs is 1. The second-order valence-electron chi connectivity index (χ2n) is 7.50. The smallest absolute Gasteiger partial charge is 0.407 e. The van der Waals surface area contributed by atoms with Gasteiger partial charge in [-0.1, -0.05) is 95.1 Å². The fourth-order valence-corrected chi connectivity index (χ4v) is 4.90. The van der Waals surface area contributed by atoms with Gasteiger partial charge in [0.25, 0.3) is 0 Å². The molecule has 0 aliphatic carbocycles. The summed E-state index contributed by atoms with van der Waals surface area (Å²) in [6, 6.07) is 18.0. The van der Waals surface area contributed by atoms with Gasteiger partial charge < -0.3 is 29.4 Å². The third-order valence-corrected chi connectivity index (χ3v) is 6.59. The number of aliphatic hydroxyl groups is 1. The highest BCUT2D eigenvalue weighted by Crippen LogP contribution is 2.39. The van der Waals surface area contributed by atoms with Crippen LogP contribution < -0.4 is 5.32 Å². The molecule has 7 nitrogen and oxygen atoms in total. The summed E-state index contributed by atoms with van der Waals surface area (Å²) < 4.78 is 21.4. The number of alkyl halides is 3. The Morgan fingerprint density at radius 1 is 1.09 bits per heavy atom. The predicted octanol–water partition coefficient (Wildman–Crippen LogP) is 4.44. The van der Waals surface area contributed by atoms with E-state index in [1.54, 1.807) is 0 Å². The molecule has 33 heavy (non-hydrogen) atoms. The number of rotatable bonds is 5. The van der Waals surface area contributed by atoms with Gasteiger partial charge >= 0.3 is 6.09 Å². The average molecular weight is 536 g/mol. The van der Waals surface area contributed by atoms with E-state index in [9.17, 15) is 9.90 Å². The van der Waals surface area contributed by atoms with Crippen LogP contribution in [-0.2, 0) is 18.9 Å². The fourth-order valence-electron chi connectivity index (χ4n) is 3.58. The number of benzene rings is 2. The van der Waals surface area contributed by atoms with Crippen molar-refractivity contribution in [3.8, 4) is 0 Å². The molecule has 4 rings (SSSR count). The first-order valence-corrected chi connectivity index (χ1v) is 12.2. The Balaban J connectivity index is 1.51. The van der Waals surface area contributed by atoms with E-state index in [1.165, 1.54) is 11.8 Å². The van der Waals surface area contributed by atoms with Crippen molar-refractivity contribution in [3.05, 3.63) is 66.2 Å². The van der Waals surface area contributed by atoms with E-state index in [-0.39, 0.29) is 6.61 Å². The van der Waals surface area contributed by atoms with Gasteiger partial charge in [0.2, 0.25) is 3.79 Å². The molecule has 0 aromatic heterocycles. The highest BCUT2D eigenvalue weighted by Gasteiger charge is 2.50. The van der Waals surface area contributed by atoms with E-state index in [0.717, 1.165) is 10.5 Å². The standard InChI is InChI=1S/C22H22Cl3NO6S/c23-22(24,25)12-30-21(28)26-16-17(27)18-15(31-20(16)33-14-9-5-2-6-10-14)11-29-19(32-18)13-7-3-1-4-8-13/h1-10,15-20,27H,11-12H2,(H,26,28)/t15-,16-,17-,18-,19-,20-/m1/s1/i20+1. The van der Waals surface area contributed by atoms with E-state index < -0.39 is 52.6 Å². The number of aliphatic hydroxyl groups excluding tert-OH is 1. The number of amides is 1. The second-order valence-corrected chi connectivity index (χ2v) is 11.2. The molecule has 2 fully saturated rings. The molecule has 0 unspecified atom stereocenters. The third-order valence-electron chi connectivity index (χ3n) is 5.08. The summed E-state index contributed by atoms with van der Waals surface area (Å²) in [5.41, 5.74) is 0.167. The van der Waals surface area contributed by atoms with Crippen LogP contribution in [0.2, 0.25) is 0 Å². The lowest BCUT2D eigenvalue weighted by atomic mass is 10.0.